The summed E-state index contributed by atoms with van der Waals surface area (Å²) in [5.74, 6) is -1.42. The number of carbonyl (C=O) groups is 2. The van der Waals surface area contributed by atoms with Gasteiger partial charge in [-0.15, -0.1) is 0 Å². The minimum absolute atomic E-state index is 0.0126. The maximum absolute atomic E-state index is 14.1. The van der Waals surface area contributed by atoms with Gasteiger partial charge >= 0.3 is 11.6 Å². The summed E-state index contributed by atoms with van der Waals surface area (Å²) >= 11 is 3.39. The number of benzene rings is 1. The zero-order valence-corrected chi connectivity index (χ0v) is 19.9. The summed E-state index contributed by atoms with van der Waals surface area (Å²) in [5, 5.41) is 10.0. The van der Waals surface area contributed by atoms with Crippen LogP contribution in [0.15, 0.2) is 49.4 Å². The third-order valence-corrected chi connectivity index (χ3v) is 5.79. The molecule has 0 aliphatic carbocycles. The Labute approximate surface area is 197 Å². The first kappa shape index (κ1) is 22.6. The number of nitriles is 1. The predicted molar refractivity (Wildman–Crippen MR) is 120 cm³/mol. The number of ether oxygens (including phenoxy) is 2. The first-order valence-electron chi connectivity index (χ1n) is 9.97. The number of fused-ring (bicyclic) bond motifs is 4. The standard InChI is InChI=1S/C23H20BrN3O6/c1-11-7-16-18(20(29)31-11)23(14(9-25)19(26)32-16)13-8-12(24)5-6-15(13)27(21(23)30)10-17(28)33-22(2,3)4/h5-8H,10,26H2,1-4H3. The lowest BCUT2D eigenvalue weighted by Gasteiger charge is -2.33. The number of hydrogen-bond donors (Lipinski definition) is 1. The van der Waals surface area contributed by atoms with Gasteiger partial charge in [-0.3, -0.25) is 14.5 Å². The highest BCUT2D eigenvalue weighted by molar-refractivity contribution is 9.10. The number of anilines is 1. The lowest BCUT2D eigenvalue weighted by atomic mass is 9.69. The summed E-state index contributed by atoms with van der Waals surface area (Å²) in [7, 11) is 0. The van der Waals surface area contributed by atoms with E-state index in [2.05, 4.69) is 15.9 Å². The van der Waals surface area contributed by atoms with Crippen LogP contribution in [0.25, 0.3) is 0 Å². The molecule has 170 valence electrons. The summed E-state index contributed by atoms with van der Waals surface area (Å²) in [6.07, 6.45) is 0. The highest BCUT2D eigenvalue weighted by atomic mass is 79.9. The van der Waals surface area contributed by atoms with Crippen molar-refractivity contribution < 1.29 is 23.5 Å². The smallest absolute Gasteiger partial charge is 0.344 e. The van der Waals surface area contributed by atoms with Gasteiger partial charge in [-0.1, -0.05) is 15.9 Å². The molecule has 0 radical (unpaired) electrons. The Kier molecular flexibility index (Phi) is 5.13. The number of rotatable bonds is 2. The van der Waals surface area contributed by atoms with Gasteiger partial charge in [0.25, 0.3) is 0 Å². The highest BCUT2D eigenvalue weighted by Crippen LogP contribution is 2.54. The molecular formula is C23H20BrN3O6. The Morgan fingerprint density at radius 1 is 1.30 bits per heavy atom. The van der Waals surface area contributed by atoms with Crippen molar-refractivity contribution >= 4 is 33.5 Å². The van der Waals surface area contributed by atoms with Gasteiger partial charge in [0.05, 0.1) is 0 Å². The van der Waals surface area contributed by atoms with Gasteiger partial charge < -0.3 is 19.6 Å². The number of nitrogens with two attached hydrogens (primary N) is 1. The van der Waals surface area contributed by atoms with Crippen molar-refractivity contribution in [2.24, 2.45) is 5.73 Å². The molecule has 3 heterocycles. The summed E-state index contributed by atoms with van der Waals surface area (Å²) in [6.45, 7) is 6.25. The maximum Gasteiger partial charge on any atom is 0.344 e. The normalized spacial score (nSPS) is 19.2. The second-order valence-electron chi connectivity index (χ2n) is 8.73. The molecule has 0 fully saturated rings. The van der Waals surface area contributed by atoms with Crippen LogP contribution in [0.4, 0.5) is 5.69 Å². The van der Waals surface area contributed by atoms with Crippen LogP contribution in [0.3, 0.4) is 0 Å². The summed E-state index contributed by atoms with van der Waals surface area (Å²) in [6, 6.07) is 8.29. The van der Waals surface area contributed by atoms with E-state index in [-0.39, 0.29) is 28.5 Å². The molecule has 2 aliphatic rings. The lowest BCUT2D eigenvalue weighted by molar-refractivity contribution is -0.153. The number of aryl methyl sites for hydroxylation is 1. The van der Waals surface area contributed by atoms with Crippen molar-refractivity contribution in [2.75, 3.05) is 11.4 Å². The number of amides is 1. The van der Waals surface area contributed by atoms with Gasteiger partial charge in [-0.2, -0.15) is 5.26 Å². The van der Waals surface area contributed by atoms with Crippen molar-refractivity contribution in [3.63, 3.8) is 0 Å². The molecular weight excluding hydrogens is 494 g/mol. The van der Waals surface area contributed by atoms with E-state index in [9.17, 15) is 19.6 Å². The van der Waals surface area contributed by atoms with Crippen LogP contribution >= 0.6 is 15.9 Å². The van der Waals surface area contributed by atoms with E-state index >= 15 is 0 Å². The summed E-state index contributed by atoms with van der Waals surface area (Å²) in [4.78, 5) is 41.0. The molecule has 10 heteroatoms. The molecule has 1 amide bonds. The number of carbonyl (C=O) groups excluding carboxylic acids is 2. The van der Waals surface area contributed by atoms with Crippen LogP contribution in [0.1, 0.15) is 37.7 Å². The van der Waals surface area contributed by atoms with Crippen molar-refractivity contribution in [3.05, 3.63) is 67.5 Å². The van der Waals surface area contributed by atoms with Gasteiger partial charge in [0.15, 0.2) is 5.41 Å². The Hall–Kier alpha value is -3.58. The zero-order chi connectivity index (χ0) is 24.3. The molecule has 1 atom stereocenters. The molecule has 2 aliphatic heterocycles. The average Bonchev–Trinajstić information content (AvgIpc) is 2.89. The molecule has 0 saturated carbocycles. The van der Waals surface area contributed by atoms with Gasteiger partial charge in [0, 0.05) is 21.8 Å². The van der Waals surface area contributed by atoms with E-state index in [1.54, 1.807) is 45.9 Å². The molecule has 0 bridgehead atoms. The topological polar surface area (TPSA) is 136 Å². The van der Waals surface area contributed by atoms with E-state index in [0.29, 0.717) is 15.7 Å². The van der Waals surface area contributed by atoms with E-state index in [4.69, 9.17) is 19.6 Å². The van der Waals surface area contributed by atoms with Crippen molar-refractivity contribution in [1.29, 1.82) is 5.26 Å². The quantitative estimate of drug-likeness (QED) is 0.605. The zero-order valence-electron chi connectivity index (χ0n) is 18.3. The molecule has 9 nitrogen and oxygen atoms in total. The Morgan fingerprint density at radius 2 is 2.00 bits per heavy atom. The predicted octanol–water partition coefficient (Wildman–Crippen LogP) is 2.77. The van der Waals surface area contributed by atoms with Gasteiger partial charge in [0.1, 0.15) is 40.9 Å². The van der Waals surface area contributed by atoms with Crippen molar-refractivity contribution in [2.45, 2.75) is 38.7 Å². The van der Waals surface area contributed by atoms with Crippen LogP contribution in [0.2, 0.25) is 0 Å². The minimum Gasteiger partial charge on any atom is -0.459 e. The first-order valence-corrected chi connectivity index (χ1v) is 10.8. The third-order valence-electron chi connectivity index (χ3n) is 5.29. The van der Waals surface area contributed by atoms with Crippen LogP contribution in [0, 0.1) is 18.3 Å². The monoisotopic (exact) mass is 513 g/mol. The molecule has 2 aromatic rings. The molecule has 1 unspecified atom stereocenters. The number of nitrogens with zero attached hydrogens (tertiary/aromatic N) is 2. The fourth-order valence-corrected chi connectivity index (χ4v) is 4.60. The molecule has 2 N–H and O–H groups in total. The molecule has 33 heavy (non-hydrogen) atoms. The van der Waals surface area contributed by atoms with Crippen LogP contribution in [-0.4, -0.2) is 24.0 Å². The van der Waals surface area contributed by atoms with Gasteiger partial charge in [-0.25, -0.2) is 4.79 Å². The van der Waals surface area contributed by atoms with Crippen LogP contribution in [-0.2, 0) is 19.7 Å². The second kappa shape index (κ2) is 7.49. The minimum atomic E-state index is -1.94. The number of esters is 1. The Morgan fingerprint density at radius 3 is 2.64 bits per heavy atom. The maximum atomic E-state index is 14.1. The van der Waals surface area contributed by atoms with Gasteiger partial charge in [-0.05, 0) is 45.9 Å². The number of hydrogen-bond acceptors (Lipinski definition) is 8. The fourth-order valence-electron chi connectivity index (χ4n) is 4.23. The average molecular weight is 514 g/mol. The highest BCUT2D eigenvalue weighted by Gasteiger charge is 2.61. The van der Waals surface area contributed by atoms with Crippen molar-refractivity contribution in [3.8, 4) is 11.8 Å². The summed E-state index contributed by atoms with van der Waals surface area (Å²) in [5.41, 5.74) is 2.72. The summed E-state index contributed by atoms with van der Waals surface area (Å²) < 4.78 is 16.8. The fraction of sp³-hybridized carbons (Fsp3) is 0.304. The van der Waals surface area contributed by atoms with Gasteiger partial charge in [0.2, 0.25) is 11.8 Å². The molecule has 1 spiro atoms. The molecule has 0 saturated heterocycles. The van der Waals surface area contributed by atoms with Crippen LogP contribution < -0.4 is 21.0 Å². The van der Waals surface area contributed by atoms with Crippen LogP contribution in [0.5, 0.6) is 5.75 Å². The Balaban J connectivity index is 2.03. The van der Waals surface area contributed by atoms with Crippen molar-refractivity contribution in [1.82, 2.24) is 0 Å². The Bertz CT molecular complexity index is 1350. The SMILES string of the molecule is Cc1cc2c(c(=O)o1)C1(C(=O)N(CC(=O)OC(C)(C)C)c3ccc(Br)cc31)C(C#N)=C(N)O2. The molecule has 1 aromatic carbocycles. The van der Waals surface area contributed by atoms with E-state index in [1.807, 2.05) is 6.07 Å². The van der Waals surface area contributed by atoms with E-state index in [1.165, 1.54) is 11.0 Å². The third kappa shape index (κ3) is 3.40. The van der Waals surface area contributed by atoms with E-state index < -0.39 is 35.1 Å². The largest absolute Gasteiger partial charge is 0.459 e. The second-order valence-corrected chi connectivity index (χ2v) is 9.64. The molecule has 1 aromatic heterocycles. The number of halogens is 1. The molecule has 4 rings (SSSR count). The lowest BCUT2D eigenvalue weighted by Crippen LogP contribution is -2.49. The first-order chi connectivity index (χ1) is 15.4. The van der Waals surface area contributed by atoms with E-state index in [0.717, 1.165) is 0 Å².